The zero-order valence-corrected chi connectivity index (χ0v) is 25.6. The van der Waals surface area contributed by atoms with Crippen molar-refractivity contribution in [2.75, 3.05) is 10.8 Å². The first-order valence-electron chi connectivity index (χ1n) is 13.0. The molecule has 1 atom stereocenters. The minimum Gasteiger partial charge on any atom is -0.352 e. The van der Waals surface area contributed by atoms with Crippen LogP contribution in [0.5, 0.6) is 0 Å². The lowest BCUT2D eigenvalue weighted by molar-refractivity contribution is -0.140. The molecule has 0 bridgehead atoms. The second-order valence-electron chi connectivity index (χ2n) is 9.97. The summed E-state index contributed by atoms with van der Waals surface area (Å²) >= 11 is 12.3. The van der Waals surface area contributed by atoms with Gasteiger partial charge in [-0.2, -0.15) is 0 Å². The number of aryl methyl sites for hydroxylation is 2. The number of halogens is 2. The lowest BCUT2D eigenvalue weighted by Crippen LogP contribution is -2.53. The number of benzene rings is 3. The Morgan fingerprint density at radius 1 is 0.925 bits per heavy atom. The van der Waals surface area contributed by atoms with Gasteiger partial charge < -0.3 is 10.2 Å². The van der Waals surface area contributed by atoms with Crippen LogP contribution in [0, 0.1) is 13.8 Å². The van der Waals surface area contributed by atoms with Crippen LogP contribution in [0.1, 0.15) is 43.9 Å². The number of sulfonamides is 1. The second kappa shape index (κ2) is 13.5. The van der Waals surface area contributed by atoms with Gasteiger partial charge in [-0.1, -0.05) is 72.1 Å². The van der Waals surface area contributed by atoms with Crippen LogP contribution in [0.15, 0.2) is 71.6 Å². The van der Waals surface area contributed by atoms with E-state index < -0.39 is 28.5 Å². The average molecular weight is 605 g/mol. The van der Waals surface area contributed by atoms with Crippen LogP contribution in [0.2, 0.25) is 10.0 Å². The smallest absolute Gasteiger partial charge is 0.264 e. The van der Waals surface area contributed by atoms with Gasteiger partial charge in [0.1, 0.15) is 12.6 Å². The van der Waals surface area contributed by atoms with Gasteiger partial charge >= 0.3 is 0 Å². The summed E-state index contributed by atoms with van der Waals surface area (Å²) < 4.78 is 29.0. The number of carbonyl (C=O) groups is 2. The molecule has 0 saturated carbocycles. The van der Waals surface area contributed by atoms with Crippen molar-refractivity contribution in [1.29, 1.82) is 0 Å². The highest BCUT2D eigenvalue weighted by molar-refractivity contribution is 7.92. The van der Waals surface area contributed by atoms with E-state index in [0.717, 1.165) is 9.87 Å². The number of anilines is 1. The maximum Gasteiger partial charge on any atom is 0.264 e. The monoisotopic (exact) mass is 603 g/mol. The summed E-state index contributed by atoms with van der Waals surface area (Å²) in [6.45, 7) is 8.66. The standard InChI is InChI=1S/C30H35Cl2N3O4S/c1-6-27(30(37)33-20(2)3)34(18-23-13-16-25(31)26(32)17-23)29(36)19-35(28-10-8-7-9-22(28)5)40(38,39)24-14-11-21(4)12-15-24/h7-17,20,27H,6,18-19H2,1-5H3,(H,33,37)/t27-/m0/s1. The summed E-state index contributed by atoms with van der Waals surface area (Å²) in [7, 11) is -4.13. The highest BCUT2D eigenvalue weighted by Crippen LogP contribution is 2.28. The van der Waals surface area contributed by atoms with Crippen molar-refractivity contribution in [2.24, 2.45) is 0 Å². The Labute approximate surface area is 247 Å². The first-order valence-corrected chi connectivity index (χ1v) is 15.2. The van der Waals surface area contributed by atoms with Crippen LogP contribution >= 0.6 is 23.2 Å². The van der Waals surface area contributed by atoms with E-state index in [1.807, 2.05) is 27.7 Å². The Balaban J connectivity index is 2.09. The molecule has 0 aliphatic carbocycles. The van der Waals surface area contributed by atoms with Crippen molar-refractivity contribution in [2.45, 2.75) is 64.6 Å². The van der Waals surface area contributed by atoms with E-state index in [-0.39, 0.29) is 23.4 Å². The van der Waals surface area contributed by atoms with Crippen LogP contribution in [0.25, 0.3) is 0 Å². The Morgan fingerprint density at radius 2 is 1.57 bits per heavy atom. The largest absolute Gasteiger partial charge is 0.352 e. The molecule has 0 aromatic heterocycles. The van der Waals surface area contributed by atoms with Gasteiger partial charge in [0.05, 0.1) is 20.6 Å². The van der Waals surface area contributed by atoms with Crippen molar-refractivity contribution >= 4 is 50.7 Å². The van der Waals surface area contributed by atoms with Crippen molar-refractivity contribution in [3.63, 3.8) is 0 Å². The molecule has 0 fully saturated rings. The van der Waals surface area contributed by atoms with Gasteiger partial charge in [-0.15, -0.1) is 0 Å². The van der Waals surface area contributed by atoms with Crippen molar-refractivity contribution in [1.82, 2.24) is 10.2 Å². The molecule has 0 unspecified atom stereocenters. The number of nitrogens with one attached hydrogen (secondary N) is 1. The molecular weight excluding hydrogens is 569 g/mol. The fourth-order valence-corrected chi connectivity index (χ4v) is 6.13. The minimum absolute atomic E-state index is 0.0337. The van der Waals surface area contributed by atoms with Gasteiger partial charge in [-0.25, -0.2) is 8.42 Å². The number of para-hydroxylation sites is 1. The average Bonchev–Trinajstić information content (AvgIpc) is 2.89. The fourth-order valence-electron chi connectivity index (χ4n) is 4.33. The van der Waals surface area contributed by atoms with Gasteiger partial charge in [0.2, 0.25) is 11.8 Å². The fraction of sp³-hybridized carbons (Fsp3) is 0.333. The molecule has 0 aliphatic heterocycles. The summed E-state index contributed by atoms with van der Waals surface area (Å²) in [6, 6.07) is 17.5. The molecule has 214 valence electrons. The van der Waals surface area contributed by atoms with E-state index in [9.17, 15) is 18.0 Å². The summed E-state index contributed by atoms with van der Waals surface area (Å²) in [5, 5.41) is 3.56. The number of hydrogen-bond acceptors (Lipinski definition) is 4. The molecule has 7 nitrogen and oxygen atoms in total. The van der Waals surface area contributed by atoms with E-state index in [0.29, 0.717) is 33.3 Å². The van der Waals surface area contributed by atoms with Gasteiger partial charge in [0.25, 0.3) is 10.0 Å². The molecule has 1 N–H and O–H groups in total. The molecule has 40 heavy (non-hydrogen) atoms. The normalized spacial score (nSPS) is 12.2. The number of rotatable bonds is 11. The maximum absolute atomic E-state index is 14.1. The van der Waals surface area contributed by atoms with Crippen LogP contribution in [-0.4, -0.2) is 43.8 Å². The second-order valence-corrected chi connectivity index (χ2v) is 12.6. The summed E-state index contributed by atoms with van der Waals surface area (Å²) in [4.78, 5) is 28.8. The Bertz CT molecular complexity index is 1460. The number of carbonyl (C=O) groups excluding carboxylic acids is 2. The van der Waals surface area contributed by atoms with E-state index in [2.05, 4.69) is 5.32 Å². The predicted molar refractivity (Wildman–Crippen MR) is 161 cm³/mol. The van der Waals surface area contributed by atoms with Gasteiger partial charge in [0.15, 0.2) is 0 Å². The zero-order chi connectivity index (χ0) is 29.6. The quantitative estimate of drug-likeness (QED) is 0.285. The molecule has 10 heteroatoms. The molecule has 3 aromatic rings. The third kappa shape index (κ3) is 7.56. The number of amides is 2. The molecule has 0 saturated heterocycles. The lowest BCUT2D eigenvalue weighted by atomic mass is 10.1. The number of hydrogen-bond donors (Lipinski definition) is 1. The molecule has 3 rings (SSSR count). The Kier molecular flexibility index (Phi) is 10.6. The van der Waals surface area contributed by atoms with Crippen LogP contribution < -0.4 is 9.62 Å². The first kappa shape index (κ1) is 31.5. The van der Waals surface area contributed by atoms with E-state index in [1.165, 1.54) is 17.0 Å². The van der Waals surface area contributed by atoms with E-state index >= 15 is 0 Å². The highest BCUT2D eigenvalue weighted by atomic mass is 35.5. The van der Waals surface area contributed by atoms with Crippen LogP contribution in [0.3, 0.4) is 0 Å². The van der Waals surface area contributed by atoms with E-state index in [4.69, 9.17) is 23.2 Å². The van der Waals surface area contributed by atoms with Crippen molar-refractivity contribution in [3.8, 4) is 0 Å². The maximum atomic E-state index is 14.1. The molecule has 2 amide bonds. The third-order valence-electron chi connectivity index (χ3n) is 6.43. The molecular formula is C30H35Cl2N3O4S. The van der Waals surface area contributed by atoms with Gasteiger partial charge in [0, 0.05) is 12.6 Å². The molecule has 0 radical (unpaired) electrons. The summed E-state index contributed by atoms with van der Waals surface area (Å²) in [6.07, 6.45) is 0.320. The number of nitrogens with zero attached hydrogens (tertiary/aromatic N) is 2. The third-order valence-corrected chi connectivity index (χ3v) is 8.94. The Morgan fingerprint density at radius 3 is 2.15 bits per heavy atom. The first-order chi connectivity index (χ1) is 18.8. The predicted octanol–water partition coefficient (Wildman–Crippen LogP) is 6.14. The van der Waals surface area contributed by atoms with Crippen LogP contribution in [-0.2, 0) is 26.2 Å². The summed E-state index contributed by atoms with van der Waals surface area (Å²) in [5.74, 6) is -0.856. The summed E-state index contributed by atoms with van der Waals surface area (Å²) in [5.41, 5.74) is 2.63. The SMILES string of the molecule is CC[C@@H](C(=O)NC(C)C)N(Cc1ccc(Cl)c(Cl)c1)C(=O)CN(c1ccccc1C)S(=O)(=O)c1ccc(C)cc1. The molecule has 0 spiro atoms. The van der Waals surface area contributed by atoms with Crippen molar-refractivity contribution < 1.29 is 18.0 Å². The molecule has 0 aliphatic rings. The zero-order valence-electron chi connectivity index (χ0n) is 23.3. The van der Waals surface area contributed by atoms with Gasteiger partial charge in [-0.05, 0) is 75.6 Å². The molecule has 3 aromatic carbocycles. The minimum atomic E-state index is -4.13. The Hall–Kier alpha value is -3.07. The molecule has 0 heterocycles. The van der Waals surface area contributed by atoms with Gasteiger partial charge in [-0.3, -0.25) is 13.9 Å². The van der Waals surface area contributed by atoms with Crippen molar-refractivity contribution in [3.05, 3.63) is 93.5 Å². The highest BCUT2D eigenvalue weighted by Gasteiger charge is 2.34. The topological polar surface area (TPSA) is 86.8 Å². The lowest BCUT2D eigenvalue weighted by Gasteiger charge is -2.34. The van der Waals surface area contributed by atoms with Crippen LogP contribution in [0.4, 0.5) is 5.69 Å². The van der Waals surface area contributed by atoms with E-state index in [1.54, 1.807) is 61.5 Å².